The van der Waals surface area contributed by atoms with Crippen LogP contribution in [0, 0.1) is 0 Å². The summed E-state index contributed by atoms with van der Waals surface area (Å²) in [6, 6.07) is 11.5. The molecule has 0 amide bonds. The summed E-state index contributed by atoms with van der Waals surface area (Å²) in [5, 5.41) is 3.20. The first-order valence-corrected chi connectivity index (χ1v) is 11.1. The second-order valence-corrected chi connectivity index (χ2v) is 7.58. The van der Waals surface area contributed by atoms with Gasteiger partial charge in [-0.2, -0.15) is 0 Å². The molecule has 0 spiro atoms. The van der Waals surface area contributed by atoms with Crippen LogP contribution in [0.15, 0.2) is 36.4 Å². The fourth-order valence-corrected chi connectivity index (χ4v) is 4.18. The summed E-state index contributed by atoms with van der Waals surface area (Å²) in [6.45, 7) is 5.10. The van der Waals surface area contributed by atoms with Crippen LogP contribution in [0.1, 0.15) is 36.6 Å². The van der Waals surface area contributed by atoms with E-state index in [1.54, 1.807) is 28.1 Å². The number of benzene rings is 2. The van der Waals surface area contributed by atoms with Crippen LogP contribution in [0.2, 0.25) is 0 Å². The number of nitrogens with zero attached hydrogens (tertiary/aromatic N) is 1. The Morgan fingerprint density at radius 1 is 0.970 bits per heavy atom. The molecule has 2 aromatic carbocycles. The zero-order valence-electron chi connectivity index (χ0n) is 19.7. The minimum atomic E-state index is -0.328. The van der Waals surface area contributed by atoms with Crippen molar-refractivity contribution in [3.05, 3.63) is 53.1 Å². The second-order valence-electron chi connectivity index (χ2n) is 7.58. The molecule has 0 unspecified atom stereocenters. The third-order valence-electron chi connectivity index (χ3n) is 5.59. The maximum absolute atomic E-state index is 12.4. The smallest absolute Gasteiger partial charge is 0.325 e. The van der Waals surface area contributed by atoms with Crippen LogP contribution < -0.4 is 14.8 Å². The first kappa shape index (κ1) is 24.4. The molecule has 0 bridgehead atoms. The molecule has 8 nitrogen and oxygen atoms in total. The van der Waals surface area contributed by atoms with E-state index in [4.69, 9.17) is 18.9 Å². The average molecular weight is 457 g/mol. The zero-order chi connectivity index (χ0) is 23.8. The van der Waals surface area contributed by atoms with Gasteiger partial charge in [0, 0.05) is 12.2 Å². The van der Waals surface area contributed by atoms with Crippen molar-refractivity contribution in [3.8, 4) is 11.5 Å². The molecular formula is C25H32N2O6. The van der Waals surface area contributed by atoms with Gasteiger partial charge in [0.15, 0.2) is 11.5 Å². The normalized spacial score (nSPS) is 15.3. The van der Waals surface area contributed by atoms with Gasteiger partial charge in [0.2, 0.25) is 0 Å². The van der Waals surface area contributed by atoms with Crippen molar-refractivity contribution in [2.24, 2.45) is 0 Å². The number of rotatable bonds is 10. The quantitative estimate of drug-likeness (QED) is 0.546. The summed E-state index contributed by atoms with van der Waals surface area (Å²) in [7, 11) is 3.22. The van der Waals surface area contributed by atoms with Gasteiger partial charge in [-0.15, -0.1) is 0 Å². The SMILES string of the molecule is CCOC(=O)CNc1ccccc1[C@H]1c2cc(OC)c(OC)cc2CCN1CC(=O)OCC. The first-order chi connectivity index (χ1) is 16.0. The molecule has 0 fully saturated rings. The van der Waals surface area contributed by atoms with E-state index in [9.17, 15) is 9.59 Å². The fraction of sp³-hybridized carbons (Fsp3) is 0.440. The largest absolute Gasteiger partial charge is 0.493 e. The molecule has 178 valence electrons. The number of anilines is 1. The molecule has 33 heavy (non-hydrogen) atoms. The number of ether oxygens (including phenoxy) is 4. The van der Waals surface area contributed by atoms with Gasteiger partial charge in [-0.05, 0) is 55.2 Å². The third kappa shape index (κ3) is 5.76. The highest BCUT2D eigenvalue weighted by Gasteiger charge is 2.33. The molecular weight excluding hydrogens is 424 g/mol. The van der Waals surface area contributed by atoms with Crippen molar-refractivity contribution < 1.29 is 28.5 Å². The van der Waals surface area contributed by atoms with E-state index in [-0.39, 0.29) is 31.1 Å². The third-order valence-corrected chi connectivity index (χ3v) is 5.59. The molecule has 3 rings (SSSR count). The van der Waals surface area contributed by atoms with Gasteiger partial charge in [0.1, 0.15) is 6.54 Å². The number of nitrogens with one attached hydrogen (secondary N) is 1. The van der Waals surface area contributed by atoms with Crippen molar-refractivity contribution in [1.82, 2.24) is 4.90 Å². The summed E-state index contributed by atoms with van der Waals surface area (Å²) in [5.41, 5.74) is 3.89. The van der Waals surface area contributed by atoms with Crippen LogP contribution in [-0.2, 0) is 25.5 Å². The Kier molecular flexibility index (Phi) is 8.54. The van der Waals surface area contributed by atoms with Crippen LogP contribution in [0.4, 0.5) is 5.69 Å². The Labute approximate surface area is 194 Å². The topological polar surface area (TPSA) is 86.3 Å². The first-order valence-electron chi connectivity index (χ1n) is 11.1. The molecule has 0 aromatic heterocycles. The molecule has 1 N–H and O–H groups in total. The van der Waals surface area contributed by atoms with E-state index in [1.165, 1.54) is 0 Å². The van der Waals surface area contributed by atoms with Gasteiger partial charge < -0.3 is 24.3 Å². The number of methoxy groups -OCH3 is 2. The molecule has 0 saturated carbocycles. The molecule has 8 heteroatoms. The molecule has 0 saturated heterocycles. The number of hydrogen-bond acceptors (Lipinski definition) is 8. The van der Waals surface area contributed by atoms with Gasteiger partial charge in [0.25, 0.3) is 0 Å². The van der Waals surface area contributed by atoms with Crippen LogP contribution in [0.3, 0.4) is 0 Å². The highest BCUT2D eigenvalue weighted by Crippen LogP contribution is 2.42. The lowest BCUT2D eigenvalue weighted by Crippen LogP contribution is -2.40. The number of fused-ring (bicyclic) bond motifs is 1. The molecule has 0 radical (unpaired) electrons. The van der Waals surface area contributed by atoms with Gasteiger partial charge in [0.05, 0.1) is 40.0 Å². The lowest BCUT2D eigenvalue weighted by molar-refractivity contribution is -0.145. The van der Waals surface area contributed by atoms with Gasteiger partial charge in [-0.3, -0.25) is 14.5 Å². The van der Waals surface area contributed by atoms with E-state index < -0.39 is 0 Å². The van der Waals surface area contributed by atoms with Gasteiger partial charge in [-0.25, -0.2) is 0 Å². The molecule has 0 aliphatic carbocycles. The van der Waals surface area contributed by atoms with E-state index in [2.05, 4.69) is 10.2 Å². The van der Waals surface area contributed by atoms with Crippen molar-refractivity contribution in [3.63, 3.8) is 0 Å². The van der Waals surface area contributed by atoms with Crippen LogP contribution in [0.25, 0.3) is 0 Å². The summed E-state index contributed by atoms with van der Waals surface area (Å²) in [6.07, 6.45) is 0.754. The van der Waals surface area contributed by atoms with Gasteiger partial charge >= 0.3 is 11.9 Å². The van der Waals surface area contributed by atoms with E-state index in [1.807, 2.05) is 36.4 Å². The highest BCUT2D eigenvalue weighted by atomic mass is 16.5. The standard InChI is InChI=1S/C25H32N2O6/c1-5-32-23(28)15-26-20-10-8-7-9-18(20)25-19-14-22(31-4)21(30-3)13-17(19)11-12-27(25)16-24(29)33-6-2/h7-10,13-14,25-26H,5-6,11-12,15-16H2,1-4H3/t25-/m0/s1. The van der Waals surface area contributed by atoms with Crippen molar-refractivity contribution in [2.75, 3.05) is 52.4 Å². The predicted molar refractivity (Wildman–Crippen MR) is 125 cm³/mol. The van der Waals surface area contributed by atoms with Crippen LogP contribution in [0.5, 0.6) is 11.5 Å². The van der Waals surface area contributed by atoms with E-state index in [0.29, 0.717) is 31.3 Å². The van der Waals surface area contributed by atoms with E-state index in [0.717, 1.165) is 28.8 Å². The molecule has 1 atom stereocenters. The molecule has 1 heterocycles. The summed E-state index contributed by atoms with van der Waals surface area (Å²) in [5.74, 6) is 0.688. The van der Waals surface area contributed by atoms with Crippen molar-refractivity contribution in [1.29, 1.82) is 0 Å². The zero-order valence-corrected chi connectivity index (χ0v) is 19.7. The van der Waals surface area contributed by atoms with Crippen LogP contribution in [-0.4, -0.2) is 63.9 Å². The maximum atomic E-state index is 12.4. The van der Waals surface area contributed by atoms with E-state index >= 15 is 0 Å². The average Bonchev–Trinajstić information content (AvgIpc) is 2.82. The predicted octanol–water partition coefficient (Wildman–Crippen LogP) is 3.19. The second kappa shape index (κ2) is 11.6. The molecule has 1 aliphatic heterocycles. The number of carbonyl (C=O) groups excluding carboxylic acids is 2. The van der Waals surface area contributed by atoms with Crippen LogP contribution >= 0.6 is 0 Å². The lowest BCUT2D eigenvalue weighted by atomic mass is 9.87. The fourth-order valence-electron chi connectivity index (χ4n) is 4.18. The number of hydrogen-bond donors (Lipinski definition) is 1. The Balaban J connectivity index is 2.05. The Hall–Kier alpha value is -3.26. The monoisotopic (exact) mass is 456 g/mol. The molecule has 1 aliphatic rings. The highest BCUT2D eigenvalue weighted by molar-refractivity contribution is 5.76. The lowest BCUT2D eigenvalue weighted by Gasteiger charge is -2.38. The van der Waals surface area contributed by atoms with Gasteiger partial charge in [-0.1, -0.05) is 18.2 Å². The summed E-state index contributed by atoms with van der Waals surface area (Å²) in [4.78, 5) is 26.5. The summed E-state index contributed by atoms with van der Waals surface area (Å²) < 4.78 is 21.4. The minimum Gasteiger partial charge on any atom is -0.493 e. The summed E-state index contributed by atoms with van der Waals surface area (Å²) >= 11 is 0. The number of carbonyl (C=O) groups is 2. The Morgan fingerprint density at radius 3 is 2.33 bits per heavy atom. The number of para-hydroxylation sites is 1. The van der Waals surface area contributed by atoms with Crippen molar-refractivity contribution >= 4 is 17.6 Å². The maximum Gasteiger partial charge on any atom is 0.325 e. The number of esters is 2. The van der Waals surface area contributed by atoms with Crippen molar-refractivity contribution in [2.45, 2.75) is 26.3 Å². The Morgan fingerprint density at radius 2 is 1.64 bits per heavy atom. The minimum absolute atomic E-state index is 0.0498. The Bertz CT molecular complexity index is 977. The molecule has 2 aromatic rings.